The van der Waals surface area contributed by atoms with Crippen molar-refractivity contribution in [2.45, 2.75) is 27.7 Å². The lowest BCUT2D eigenvalue weighted by atomic mass is 10.1. The molecule has 0 spiro atoms. The fourth-order valence-corrected chi connectivity index (χ4v) is 3.55. The van der Waals surface area contributed by atoms with Gasteiger partial charge in [-0.05, 0) is 74.2 Å². The third kappa shape index (κ3) is 4.91. The highest BCUT2D eigenvalue weighted by molar-refractivity contribution is 6.32. The number of hydrogen-bond donors (Lipinski definition) is 0. The molecule has 0 atom stereocenters. The third-order valence-corrected chi connectivity index (χ3v) is 6.04. The lowest BCUT2D eigenvalue weighted by Crippen LogP contribution is -2.51. The average molecular weight is 415 g/mol. The van der Waals surface area contributed by atoms with Crippen molar-refractivity contribution < 1.29 is 14.3 Å². The van der Waals surface area contributed by atoms with E-state index in [1.807, 2.05) is 58.0 Å². The van der Waals surface area contributed by atoms with E-state index in [4.69, 9.17) is 16.3 Å². The van der Waals surface area contributed by atoms with Crippen molar-refractivity contribution in [3.8, 4) is 5.75 Å². The molecule has 0 unspecified atom stereocenters. The molecule has 1 fully saturated rings. The van der Waals surface area contributed by atoms with Gasteiger partial charge < -0.3 is 14.5 Å². The fraction of sp³-hybridized carbons (Fsp3) is 0.391. The standard InChI is InChI=1S/C23H27ClN2O3/c1-15-5-6-19(11-16(15)2)23(28)26-9-7-25(8-10-26)21(27)14-29-20-12-17(3)22(24)18(4)13-20/h5-6,11-13H,7-10,14H2,1-4H3. The van der Waals surface area contributed by atoms with Gasteiger partial charge in [-0.3, -0.25) is 9.59 Å². The maximum absolute atomic E-state index is 12.7. The summed E-state index contributed by atoms with van der Waals surface area (Å²) in [6.07, 6.45) is 0. The first kappa shape index (κ1) is 21.2. The van der Waals surface area contributed by atoms with E-state index in [1.165, 1.54) is 5.56 Å². The summed E-state index contributed by atoms with van der Waals surface area (Å²) in [5.41, 5.74) is 4.82. The molecular weight excluding hydrogens is 388 g/mol. The second-order valence-corrected chi connectivity index (χ2v) is 8.01. The van der Waals surface area contributed by atoms with Gasteiger partial charge in [-0.25, -0.2) is 0 Å². The van der Waals surface area contributed by atoms with Gasteiger partial charge in [0.15, 0.2) is 6.61 Å². The van der Waals surface area contributed by atoms with E-state index in [2.05, 4.69) is 0 Å². The first-order valence-corrected chi connectivity index (χ1v) is 10.2. The minimum Gasteiger partial charge on any atom is -0.484 e. The molecule has 1 aliphatic heterocycles. The number of ether oxygens (including phenoxy) is 1. The lowest BCUT2D eigenvalue weighted by Gasteiger charge is -2.34. The highest BCUT2D eigenvalue weighted by atomic mass is 35.5. The van der Waals surface area contributed by atoms with Gasteiger partial charge >= 0.3 is 0 Å². The zero-order chi connectivity index (χ0) is 21.1. The third-order valence-electron chi connectivity index (χ3n) is 5.45. The summed E-state index contributed by atoms with van der Waals surface area (Å²) in [6, 6.07) is 9.44. The first-order chi connectivity index (χ1) is 13.8. The Hall–Kier alpha value is -2.53. The second-order valence-electron chi connectivity index (χ2n) is 7.63. The number of hydrogen-bond acceptors (Lipinski definition) is 3. The Morgan fingerprint density at radius 3 is 2.03 bits per heavy atom. The van der Waals surface area contributed by atoms with Crippen LogP contribution in [0.25, 0.3) is 0 Å². The number of rotatable bonds is 4. The summed E-state index contributed by atoms with van der Waals surface area (Å²) in [5.74, 6) is 0.582. The zero-order valence-corrected chi connectivity index (χ0v) is 18.2. The van der Waals surface area contributed by atoms with Gasteiger partial charge in [-0.2, -0.15) is 0 Å². The molecule has 0 bridgehead atoms. The van der Waals surface area contributed by atoms with Crippen molar-refractivity contribution in [3.63, 3.8) is 0 Å². The molecule has 1 aliphatic rings. The monoisotopic (exact) mass is 414 g/mol. The van der Waals surface area contributed by atoms with E-state index in [0.29, 0.717) is 42.5 Å². The summed E-state index contributed by atoms with van der Waals surface area (Å²) >= 11 is 6.17. The van der Waals surface area contributed by atoms with Crippen LogP contribution in [0.3, 0.4) is 0 Å². The van der Waals surface area contributed by atoms with Crippen LogP contribution in [0.5, 0.6) is 5.75 Å². The SMILES string of the molecule is Cc1ccc(C(=O)N2CCN(C(=O)COc3cc(C)c(Cl)c(C)c3)CC2)cc1C. The van der Waals surface area contributed by atoms with Crippen LogP contribution in [0, 0.1) is 27.7 Å². The maximum Gasteiger partial charge on any atom is 0.260 e. The number of carbonyl (C=O) groups excluding carboxylic acids is 2. The van der Waals surface area contributed by atoms with E-state index in [-0.39, 0.29) is 18.4 Å². The van der Waals surface area contributed by atoms with Gasteiger partial charge in [0, 0.05) is 36.8 Å². The molecule has 0 aliphatic carbocycles. The van der Waals surface area contributed by atoms with E-state index in [9.17, 15) is 9.59 Å². The molecule has 154 valence electrons. The quantitative estimate of drug-likeness (QED) is 0.761. The second kappa shape index (κ2) is 8.87. The van der Waals surface area contributed by atoms with Crippen LogP contribution in [0.2, 0.25) is 5.02 Å². The molecule has 1 heterocycles. The van der Waals surface area contributed by atoms with Crippen LogP contribution in [-0.4, -0.2) is 54.4 Å². The van der Waals surface area contributed by atoms with Gasteiger partial charge in [-0.15, -0.1) is 0 Å². The van der Waals surface area contributed by atoms with Gasteiger partial charge in [-0.1, -0.05) is 17.7 Å². The molecule has 0 saturated carbocycles. The summed E-state index contributed by atoms with van der Waals surface area (Å²) in [4.78, 5) is 28.8. The van der Waals surface area contributed by atoms with Crippen molar-refractivity contribution in [2.24, 2.45) is 0 Å². The van der Waals surface area contributed by atoms with Crippen molar-refractivity contribution in [1.82, 2.24) is 9.80 Å². The molecule has 0 aromatic heterocycles. The highest BCUT2D eigenvalue weighted by Gasteiger charge is 2.25. The van der Waals surface area contributed by atoms with Crippen LogP contribution in [0.1, 0.15) is 32.6 Å². The molecule has 0 radical (unpaired) electrons. The minimum atomic E-state index is -0.0754. The zero-order valence-electron chi connectivity index (χ0n) is 17.4. The largest absolute Gasteiger partial charge is 0.484 e. The minimum absolute atomic E-state index is 0.0172. The lowest BCUT2D eigenvalue weighted by molar-refractivity contribution is -0.134. The van der Waals surface area contributed by atoms with Gasteiger partial charge in [0.05, 0.1) is 0 Å². The van der Waals surface area contributed by atoms with E-state index < -0.39 is 0 Å². The number of halogens is 1. The summed E-state index contributed by atoms with van der Waals surface area (Å²) in [5, 5.41) is 0.716. The summed E-state index contributed by atoms with van der Waals surface area (Å²) < 4.78 is 5.68. The molecule has 0 N–H and O–H groups in total. The van der Waals surface area contributed by atoms with E-state index in [1.54, 1.807) is 9.80 Å². The number of carbonyl (C=O) groups is 2. The number of benzene rings is 2. The predicted octanol–water partition coefficient (Wildman–Crippen LogP) is 3.94. The molecule has 3 rings (SSSR count). The molecular formula is C23H27ClN2O3. The molecule has 2 aromatic rings. The Morgan fingerprint density at radius 1 is 0.862 bits per heavy atom. The van der Waals surface area contributed by atoms with Crippen molar-refractivity contribution in [1.29, 1.82) is 0 Å². The smallest absolute Gasteiger partial charge is 0.260 e. The number of nitrogens with zero attached hydrogens (tertiary/aromatic N) is 2. The van der Waals surface area contributed by atoms with Crippen LogP contribution in [0.4, 0.5) is 0 Å². The Morgan fingerprint density at radius 2 is 1.45 bits per heavy atom. The van der Waals surface area contributed by atoms with Crippen LogP contribution in [-0.2, 0) is 4.79 Å². The maximum atomic E-state index is 12.7. The number of piperazine rings is 1. The van der Waals surface area contributed by atoms with Crippen LogP contribution < -0.4 is 4.74 Å². The number of aryl methyl sites for hydroxylation is 4. The molecule has 5 nitrogen and oxygen atoms in total. The van der Waals surface area contributed by atoms with Crippen LogP contribution >= 0.6 is 11.6 Å². The molecule has 6 heteroatoms. The molecule has 2 amide bonds. The topological polar surface area (TPSA) is 49.9 Å². The van der Waals surface area contributed by atoms with E-state index >= 15 is 0 Å². The Kier molecular flexibility index (Phi) is 6.48. The first-order valence-electron chi connectivity index (χ1n) is 9.80. The van der Waals surface area contributed by atoms with Crippen molar-refractivity contribution in [2.75, 3.05) is 32.8 Å². The average Bonchev–Trinajstić information content (AvgIpc) is 2.71. The van der Waals surface area contributed by atoms with Crippen molar-refractivity contribution >= 4 is 23.4 Å². The fourth-order valence-electron chi connectivity index (χ4n) is 3.44. The highest BCUT2D eigenvalue weighted by Crippen LogP contribution is 2.26. The van der Waals surface area contributed by atoms with E-state index in [0.717, 1.165) is 16.7 Å². The van der Waals surface area contributed by atoms with Gasteiger partial charge in [0.1, 0.15) is 5.75 Å². The molecule has 29 heavy (non-hydrogen) atoms. The normalized spacial score (nSPS) is 14.1. The number of amides is 2. The molecule has 2 aromatic carbocycles. The van der Waals surface area contributed by atoms with Crippen LogP contribution in [0.15, 0.2) is 30.3 Å². The van der Waals surface area contributed by atoms with Gasteiger partial charge in [0.2, 0.25) is 0 Å². The Balaban J connectivity index is 1.52. The van der Waals surface area contributed by atoms with Crippen molar-refractivity contribution in [3.05, 3.63) is 63.2 Å². The Labute approximate surface area is 177 Å². The molecule has 1 saturated heterocycles. The summed E-state index contributed by atoms with van der Waals surface area (Å²) in [6.45, 7) is 9.91. The predicted molar refractivity (Wildman–Crippen MR) is 115 cm³/mol. The van der Waals surface area contributed by atoms with Gasteiger partial charge in [0.25, 0.3) is 11.8 Å². The Bertz CT molecular complexity index is 911. The summed E-state index contributed by atoms with van der Waals surface area (Å²) in [7, 11) is 0.